The molecule has 0 amide bonds. The Labute approximate surface area is 91.6 Å². The highest BCUT2D eigenvalue weighted by molar-refractivity contribution is 5.67. The molecular weight excluding hydrogens is 206 g/mol. The molecule has 1 aromatic carbocycles. The van der Waals surface area contributed by atoms with E-state index in [1.165, 1.54) is 5.56 Å². The van der Waals surface area contributed by atoms with Crippen LogP contribution in [0.5, 0.6) is 11.5 Å². The lowest BCUT2D eigenvalue weighted by Gasteiger charge is -2.19. The molecule has 1 aromatic heterocycles. The van der Waals surface area contributed by atoms with Crippen LogP contribution < -0.4 is 14.8 Å². The van der Waals surface area contributed by atoms with Crippen LogP contribution in [0.2, 0.25) is 0 Å². The Morgan fingerprint density at radius 1 is 1.25 bits per heavy atom. The third-order valence-corrected chi connectivity index (χ3v) is 2.90. The number of aromatic nitrogens is 2. The van der Waals surface area contributed by atoms with Crippen molar-refractivity contribution in [2.45, 2.75) is 6.54 Å². The van der Waals surface area contributed by atoms with Gasteiger partial charge in [-0.25, -0.2) is 4.98 Å². The third-order valence-electron chi connectivity index (χ3n) is 2.90. The van der Waals surface area contributed by atoms with Gasteiger partial charge in [0.1, 0.15) is 0 Å². The van der Waals surface area contributed by atoms with Crippen LogP contribution >= 0.6 is 0 Å². The number of hydrogen-bond acceptors (Lipinski definition) is 4. The molecule has 3 heterocycles. The van der Waals surface area contributed by atoms with Crippen molar-refractivity contribution >= 4 is 11.6 Å². The van der Waals surface area contributed by atoms with Crippen molar-refractivity contribution in [3.63, 3.8) is 0 Å². The molecule has 16 heavy (non-hydrogen) atoms. The van der Waals surface area contributed by atoms with Gasteiger partial charge in [-0.15, -0.1) is 0 Å². The van der Waals surface area contributed by atoms with Gasteiger partial charge >= 0.3 is 0 Å². The molecule has 5 nitrogen and oxygen atoms in total. The second-order valence-electron chi connectivity index (χ2n) is 3.87. The number of nitrogens with zero attached hydrogens (tertiary/aromatic N) is 2. The summed E-state index contributed by atoms with van der Waals surface area (Å²) in [6.07, 6.45) is 3.74. The number of fused-ring (bicyclic) bond motifs is 3. The van der Waals surface area contributed by atoms with E-state index in [1.54, 1.807) is 6.20 Å². The van der Waals surface area contributed by atoms with Crippen molar-refractivity contribution in [2.75, 3.05) is 12.1 Å². The molecule has 0 spiro atoms. The average molecular weight is 215 g/mol. The molecule has 5 heteroatoms. The van der Waals surface area contributed by atoms with Gasteiger partial charge in [-0.1, -0.05) is 0 Å². The van der Waals surface area contributed by atoms with Crippen LogP contribution in [0.25, 0.3) is 0 Å². The first-order chi connectivity index (χ1) is 7.90. The summed E-state index contributed by atoms with van der Waals surface area (Å²) in [5, 5.41) is 3.27. The molecule has 0 bridgehead atoms. The van der Waals surface area contributed by atoms with Gasteiger partial charge in [-0.05, 0) is 11.6 Å². The first-order valence-electron chi connectivity index (χ1n) is 5.11. The Bertz CT molecular complexity index is 529. The molecule has 1 N–H and O–H groups in total. The van der Waals surface area contributed by atoms with Crippen LogP contribution in [0, 0.1) is 0 Å². The molecule has 0 radical (unpaired) electrons. The van der Waals surface area contributed by atoms with Crippen molar-refractivity contribution in [3.05, 3.63) is 30.1 Å². The van der Waals surface area contributed by atoms with E-state index >= 15 is 0 Å². The van der Waals surface area contributed by atoms with E-state index in [4.69, 9.17) is 9.47 Å². The average Bonchev–Trinajstić information content (AvgIpc) is 2.89. The summed E-state index contributed by atoms with van der Waals surface area (Å²) in [5.41, 5.74) is 2.23. The second kappa shape index (κ2) is 2.69. The Kier molecular flexibility index (Phi) is 1.35. The van der Waals surface area contributed by atoms with Crippen molar-refractivity contribution in [2.24, 2.45) is 0 Å². The van der Waals surface area contributed by atoms with Gasteiger partial charge in [0.2, 0.25) is 12.7 Å². The Balaban J connectivity index is 1.86. The molecule has 80 valence electrons. The maximum absolute atomic E-state index is 5.36. The van der Waals surface area contributed by atoms with Crippen LogP contribution in [-0.2, 0) is 6.54 Å². The first kappa shape index (κ1) is 8.04. The van der Waals surface area contributed by atoms with E-state index in [9.17, 15) is 0 Å². The zero-order valence-corrected chi connectivity index (χ0v) is 8.43. The molecule has 0 atom stereocenters. The summed E-state index contributed by atoms with van der Waals surface area (Å²) in [6.45, 7) is 1.12. The maximum atomic E-state index is 5.36. The van der Waals surface area contributed by atoms with E-state index in [-0.39, 0.29) is 0 Å². The fourth-order valence-electron chi connectivity index (χ4n) is 2.10. The van der Waals surface area contributed by atoms with Gasteiger partial charge in [0.25, 0.3) is 0 Å². The van der Waals surface area contributed by atoms with Gasteiger partial charge < -0.3 is 19.4 Å². The summed E-state index contributed by atoms with van der Waals surface area (Å²) in [7, 11) is 0. The van der Waals surface area contributed by atoms with Crippen LogP contribution in [0.15, 0.2) is 24.5 Å². The van der Waals surface area contributed by atoms with Gasteiger partial charge in [0.05, 0.1) is 6.54 Å². The van der Waals surface area contributed by atoms with Gasteiger partial charge in [-0.3, -0.25) is 0 Å². The minimum absolute atomic E-state index is 0.308. The molecule has 2 aromatic rings. The van der Waals surface area contributed by atoms with Crippen molar-refractivity contribution in [1.82, 2.24) is 9.55 Å². The lowest BCUT2D eigenvalue weighted by molar-refractivity contribution is 0.174. The summed E-state index contributed by atoms with van der Waals surface area (Å²) >= 11 is 0. The largest absolute Gasteiger partial charge is 0.454 e. The monoisotopic (exact) mass is 215 g/mol. The topological polar surface area (TPSA) is 48.3 Å². The van der Waals surface area contributed by atoms with E-state index < -0.39 is 0 Å². The minimum atomic E-state index is 0.308. The Hall–Kier alpha value is -2.17. The number of nitrogens with one attached hydrogen (secondary N) is 1. The lowest BCUT2D eigenvalue weighted by atomic mass is 10.1. The molecule has 2 aliphatic heterocycles. The van der Waals surface area contributed by atoms with E-state index in [2.05, 4.69) is 14.9 Å². The summed E-state index contributed by atoms with van der Waals surface area (Å²) in [4.78, 5) is 4.23. The fraction of sp³-hybridized carbons (Fsp3) is 0.182. The predicted molar refractivity (Wildman–Crippen MR) is 57.2 cm³/mol. The van der Waals surface area contributed by atoms with Crippen molar-refractivity contribution in [1.29, 1.82) is 0 Å². The van der Waals surface area contributed by atoms with Crippen LogP contribution in [0.1, 0.15) is 5.56 Å². The number of rotatable bonds is 0. The number of benzene rings is 1. The Morgan fingerprint density at radius 3 is 3.06 bits per heavy atom. The smallest absolute Gasteiger partial charge is 0.231 e. The summed E-state index contributed by atoms with van der Waals surface area (Å²) < 4.78 is 12.8. The van der Waals surface area contributed by atoms with Gasteiger partial charge in [-0.2, -0.15) is 0 Å². The van der Waals surface area contributed by atoms with E-state index in [0.29, 0.717) is 6.79 Å². The van der Waals surface area contributed by atoms with Gasteiger partial charge in [0.15, 0.2) is 11.5 Å². The maximum Gasteiger partial charge on any atom is 0.231 e. The molecule has 0 saturated heterocycles. The zero-order chi connectivity index (χ0) is 10.5. The summed E-state index contributed by atoms with van der Waals surface area (Å²) in [5.74, 6) is 2.49. The zero-order valence-electron chi connectivity index (χ0n) is 8.43. The molecule has 2 aliphatic rings. The standard InChI is InChI=1S/C11H9N3O2/c1-2-14-5-7-3-9-10(16-6-15-9)4-8(7)13-11(14)12-1/h1-4H,5-6H2,(H,12,13). The van der Waals surface area contributed by atoms with E-state index in [1.807, 2.05) is 18.3 Å². The molecule has 0 fully saturated rings. The number of hydrogen-bond donors (Lipinski definition) is 1. The molecule has 0 saturated carbocycles. The Morgan fingerprint density at radius 2 is 2.12 bits per heavy atom. The molecule has 4 rings (SSSR count). The molecular formula is C11H9N3O2. The van der Waals surface area contributed by atoms with Crippen LogP contribution in [0.4, 0.5) is 11.6 Å². The lowest BCUT2D eigenvalue weighted by Crippen LogP contribution is -2.12. The van der Waals surface area contributed by atoms with Gasteiger partial charge in [0, 0.05) is 24.1 Å². The highest BCUT2D eigenvalue weighted by Gasteiger charge is 2.21. The number of ether oxygens (including phenoxy) is 2. The third kappa shape index (κ3) is 0.970. The minimum Gasteiger partial charge on any atom is -0.454 e. The van der Waals surface area contributed by atoms with Crippen molar-refractivity contribution < 1.29 is 9.47 Å². The number of anilines is 2. The molecule has 0 unspecified atom stereocenters. The first-order valence-corrected chi connectivity index (χ1v) is 5.11. The quantitative estimate of drug-likeness (QED) is 0.620. The van der Waals surface area contributed by atoms with Crippen LogP contribution in [0.3, 0.4) is 0 Å². The van der Waals surface area contributed by atoms with Crippen molar-refractivity contribution in [3.8, 4) is 11.5 Å². The molecule has 0 aliphatic carbocycles. The SMILES string of the molecule is c1cn2c(n1)Nc1cc3c(cc1C2)OCO3. The van der Waals surface area contributed by atoms with Crippen LogP contribution in [-0.4, -0.2) is 16.3 Å². The normalized spacial score (nSPS) is 15.2. The predicted octanol–water partition coefficient (Wildman–Crippen LogP) is 1.72. The fourth-order valence-corrected chi connectivity index (χ4v) is 2.10. The number of imidazole rings is 1. The highest BCUT2D eigenvalue weighted by atomic mass is 16.7. The highest BCUT2D eigenvalue weighted by Crippen LogP contribution is 2.39. The summed E-state index contributed by atoms with van der Waals surface area (Å²) in [6, 6.07) is 3.99. The second-order valence-corrected chi connectivity index (χ2v) is 3.87. The van der Waals surface area contributed by atoms with E-state index in [0.717, 1.165) is 29.7 Å².